The Hall–Kier alpha value is -2.60. The number of amides is 1. The highest BCUT2D eigenvalue weighted by atomic mass is 16.5. The van der Waals surface area contributed by atoms with Gasteiger partial charge in [0.25, 0.3) is 5.91 Å². The number of ether oxygens (including phenoxy) is 1. The minimum atomic E-state index is -0.198. The number of nitrogen functional groups attached to an aromatic ring is 1. The van der Waals surface area contributed by atoms with Crippen LogP contribution in [0.25, 0.3) is 0 Å². The molecule has 0 spiro atoms. The Morgan fingerprint density at radius 1 is 1.30 bits per heavy atom. The van der Waals surface area contributed by atoms with Gasteiger partial charge in [-0.05, 0) is 36.4 Å². The quantitative estimate of drug-likeness (QED) is 0.653. The van der Waals surface area contributed by atoms with Gasteiger partial charge in [-0.2, -0.15) is 0 Å². The summed E-state index contributed by atoms with van der Waals surface area (Å²) in [6, 6.07) is 10.6. The number of benzene rings is 1. The number of hydrogen-bond donors (Lipinski definition) is 2. The molecule has 6 heteroatoms. The maximum Gasteiger partial charge on any atom is 0.261 e. The number of nitrogens with zero attached hydrogens (tertiary/aromatic N) is 2. The van der Waals surface area contributed by atoms with Gasteiger partial charge in [0.2, 0.25) is 0 Å². The Labute approximate surface area is 117 Å². The van der Waals surface area contributed by atoms with Crippen LogP contribution in [0.2, 0.25) is 0 Å². The van der Waals surface area contributed by atoms with Crippen molar-refractivity contribution in [3.63, 3.8) is 0 Å². The zero-order valence-electron chi connectivity index (χ0n) is 11.3. The Bertz CT molecular complexity index is 598. The second-order valence-electron chi connectivity index (χ2n) is 4.11. The maximum absolute atomic E-state index is 12.4. The summed E-state index contributed by atoms with van der Waals surface area (Å²) in [5, 5.41) is 0. The first-order chi connectivity index (χ1) is 9.67. The monoisotopic (exact) mass is 272 g/mol. The minimum absolute atomic E-state index is 0.198. The molecule has 0 aliphatic carbocycles. The number of nitrogens with one attached hydrogen (secondary N) is 1. The van der Waals surface area contributed by atoms with E-state index in [9.17, 15) is 4.79 Å². The van der Waals surface area contributed by atoms with Crippen LogP contribution in [0.1, 0.15) is 10.4 Å². The van der Waals surface area contributed by atoms with Crippen LogP contribution in [-0.4, -0.2) is 25.0 Å². The molecule has 0 fully saturated rings. The molecule has 2 rings (SSSR count). The van der Waals surface area contributed by atoms with Crippen LogP contribution >= 0.6 is 0 Å². The molecule has 0 saturated carbocycles. The molecule has 0 aliphatic rings. The van der Waals surface area contributed by atoms with E-state index >= 15 is 0 Å². The van der Waals surface area contributed by atoms with E-state index in [4.69, 9.17) is 10.6 Å². The number of anilines is 2. The number of pyridine rings is 1. The first-order valence-corrected chi connectivity index (χ1v) is 6.01. The second kappa shape index (κ2) is 6.03. The van der Waals surface area contributed by atoms with E-state index in [1.54, 1.807) is 44.6 Å². The topological polar surface area (TPSA) is 80.5 Å². The van der Waals surface area contributed by atoms with Crippen LogP contribution in [0.3, 0.4) is 0 Å². The highest BCUT2D eigenvalue weighted by molar-refractivity contribution is 6.08. The van der Waals surface area contributed by atoms with Gasteiger partial charge in [-0.15, -0.1) is 0 Å². The number of carbonyl (C=O) groups excluding carboxylic acids is 1. The molecule has 0 radical (unpaired) electrons. The minimum Gasteiger partial charge on any atom is -0.497 e. The highest BCUT2D eigenvalue weighted by Gasteiger charge is 2.17. The standard InChI is InChI=1S/C14H16N4O2/c1-18(10-5-7-11(20-2)8-6-10)14(19)12-4-3-9-16-13(12)17-15/h3-9H,15H2,1-2H3,(H,16,17). The number of aromatic nitrogens is 1. The number of nitrogens with two attached hydrogens (primary N) is 1. The Morgan fingerprint density at radius 3 is 2.60 bits per heavy atom. The van der Waals surface area contributed by atoms with E-state index in [0.717, 1.165) is 11.4 Å². The SMILES string of the molecule is COc1ccc(N(C)C(=O)c2cccnc2NN)cc1. The Balaban J connectivity index is 2.27. The summed E-state index contributed by atoms with van der Waals surface area (Å²) < 4.78 is 5.09. The van der Waals surface area contributed by atoms with E-state index < -0.39 is 0 Å². The third kappa shape index (κ3) is 2.70. The van der Waals surface area contributed by atoms with Crippen molar-refractivity contribution in [1.82, 2.24) is 4.98 Å². The van der Waals surface area contributed by atoms with Gasteiger partial charge in [0.05, 0.1) is 12.7 Å². The average Bonchev–Trinajstić information content (AvgIpc) is 2.53. The summed E-state index contributed by atoms with van der Waals surface area (Å²) >= 11 is 0. The number of carbonyl (C=O) groups is 1. The zero-order valence-corrected chi connectivity index (χ0v) is 11.3. The average molecular weight is 272 g/mol. The van der Waals surface area contributed by atoms with Crippen molar-refractivity contribution in [2.24, 2.45) is 5.84 Å². The van der Waals surface area contributed by atoms with Crippen molar-refractivity contribution in [3.05, 3.63) is 48.2 Å². The molecular weight excluding hydrogens is 256 g/mol. The predicted molar refractivity (Wildman–Crippen MR) is 77.8 cm³/mol. The van der Waals surface area contributed by atoms with Gasteiger partial charge in [-0.25, -0.2) is 10.8 Å². The summed E-state index contributed by atoms with van der Waals surface area (Å²) in [4.78, 5) is 18.0. The van der Waals surface area contributed by atoms with Crippen molar-refractivity contribution in [2.75, 3.05) is 24.5 Å². The molecule has 0 atom stereocenters. The molecule has 2 aromatic rings. The van der Waals surface area contributed by atoms with Crippen LogP contribution < -0.4 is 20.9 Å². The van der Waals surface area contributed by atoms with E-state index in [1.165, 1.54) is 4.90 Å². The predicted octanol–water partition coefficient (Wildman–Crippen LogP) is 1.65. The molecule has 0 bridgehead atoms. The molecule has 0 saturated heterocycles. The molecule has 6 nitrogen and oxygen atoms in total. The smallest absolute Gasteiger partial charge is 0.261 e. The van der Waals surface area contributed by atoms with Gasteiger partial charge in [0.15, 0.2) is 5.82 Å². The summed E-state index contributed by atoms with van der Waals surface area (Å²) in [5.74, 6) is 6.25. The lowest BCUT2D eigenvalue weighted by Crippen LogP contribution is -2.28. The van der Waals surface area contributed by atoms with Crippen LogP contribution in [-0.2, 0) is 0 Å². The van der Waals surface area contributed by atoms with E-state index in [0.29, 0.717) is 11.4 Å². The molecule has 3 N–H and O–H groups in total. The Kier molecular flexibility index (Phi) is 4.17. The molecule has 104 valence electrons. The number of hydrazine groups is 1. The van der Waals surface area contributed by atoms with E-state index in [2.05, 4.69) is 10.4 Å². The van der Waals surface area contributed by atoms with Crippen LogP contribution in [0, 0.1) is 0 Å². The lowest BCUT2D eigenvalue weighted by molar-refractivity contribution is 0.0993. The maximum atomic E-state index is 12.4. The highest BCUT2D eigenvalue weighted by Crippen LogP contribution is 2.21. The van der Waals surface area contributed by atoms with Crippen molar-refractivity contribution in [1.29, 1.82) is 0 Å². The van der Waals surface area contributed by atoms with Gasteiger partial charge in [0, 0.05) is 18.9 Å². The first-order valence-electron chi connectivity index (χ1n) is 6.01. The van der Waals surface area contributed by atoms with E-state index in [1.807, 2.05) is 12.1 Å². The van der Waals surface area contributed by atoms with Crippen LogP contribution in [0.4, 0.5) is 11.5 Å². The van der Waals surface area contributed by atoms with E-state index in [-0.39, 0.29) is 5.91 Å². The van der Waals surface area contributed by atoms with Crippen molar-refractivity contribution in [2.45, 2.75) is 0 Å². The summed E-state index contributed by atoms with van der Waals surface area (Å²) in [6.45, 7) is 0. The third-order valence-corrected chi connectivity index (χ3v) is 2.94. The fraction of sp³-hybridized carbons (Fsp3) is 0.143. The molecule has 20 heavy (non-hydrogen) atoms. The summed E-state index contributed by atoms with van der Waals surface area (Å²) in [6.07, 6.45) is 1.57. The van der Waals surface area contributed by atoms with Gasteiger partial charge < -0.3 is 15.1 Å². The van der Waals surface area contributed by atoms with Crippen molar-refractivity contribution in [3.8, 4) is 5.75 Å². The van der Waals surface area contributed by atoms with Crippen molar-refractivity contribution < 1.29 is 9.53 Å². The fourth-order valence-corrected chi connectivity index (χ4v) is 1.80. The molecule has 0 aliphatic heterocycles. The third-order valence-electron chi connectivity index (χ3n) is 2.94. The number of rotatable bonds is 4. The van der Waals surface area contributed by atoms with Crippen molar-refractivity contribution >= 4 is 17.4 Å². The first kappa shape index (κ1) is 13.8. The number of hydrogen-bond acceptors (Lipinski definition) is 5. The van der Waals surface area contributed by atoms with Gasteiger partial charge in [-0.3, -0.25) is 4.79 Å². The largest absolute Gasteiger partial charge is 0.497 e. The zero-order chi connectivity index (χ0) is 14.5. The second-order valence-corrected chi connectivity index (χ2v) is 4.11. The molecule has 1 aromatic heterocycles. The molecule has 1 heterocycles. The van der Waals surface area contributed by atoms with Gasteiger partial charge >= 0.3 is 0 Å². The van der Waals surface area contributed by atoms with Crippen LogP contribution in [0.15, 0.2) is 42.6 Å². The van der Waals surface area contributed by atoms with Crippen LogP contribution in [0.5, 0.6) is 5.75 Å². The summed E-state index contributed by atoms with van der Waals surface area (Å²) in [7, 11) is 3.29. The Morgan fingerprint density at radius 2 is 2.00 bits per heavy atom. The molecule has 1 amide bonds. The molecule has 0 unspecified atom stereocenters. The normalized spacial score (nSPS) is 9.95. The van der Waals surface area contributed by atoms with Gasteiger partial charge in [-0.1, -0.05) is 0 Å². The van der Waals surface area contributed by atoms with Gasteiger partial charge in [0.1, 0.15) is 5.75 Å². The lowest BCUT2D eigenvalue weighted by Gasteiger charge is -2.18. The molecule has 1 aromatic carbocycles. The summed E-state index contributed by atoms with van der Waals surface area (Å²) in [5.41, 5.74) is 3.59. The molecular formula is C14H16N4O2. The lowest BCUT2D eigenvalue weighted by atomic mass is 10.2. The number of methoxy groups -OCH3 is 1. The fourth-order valence-electron chi connectivity index (χ4n) is 1.80.